The first-order chi connectivity index (χ1) is 7.65. The van der Waals surface area contributed by atoms with Gasteiger partial charge in [0.2, 0.25) is 0 Å². The Balaban J connectivity index is 3.14. The molecule has 0 heterocycles. The van der Waals surface area contributed by atoms with Gasteiger partial charge in [0.05, 0.1) is 14.2 Å². The molecule has 0 aliphatic carbocycles. The highest BCUT2D eigenvalue weighted by Crippen LogP contribution is 2.39. The van der Waals surface area contributed by atoms with Crippen molar-refractivity contribution in [3.8, 4) is 11.5 Å². The van der Waals surface area contributed by atoms with Crippen LogP contribution in [-0.4, -0.2) is 20.8 Å². The molecule has 1 atom stereocenters. The van der Waals surface area contributed by atoms with Crippen molar-refractivity contribution in [3.63, 3.8) is 0 Å². The van der Waals surface area contributed by atoms with Crippen molar-refractivity contribution in [3.05, 3.63) is 22.2 Å². The van der Waals surface area contributed by atoms with Crippen LogP contribution in [0.4, 0.5) is 0 Å². The zero-order valence-electron chi connectivity index (χ0n) is 10.1. The largest absolute Gasteiger partial charge is 0.495 e. The van der Waals surface area contributed by atoms with Gasteiger partial charge in [0.1, 0.15) is 16.0 Å². The quantitative estimate of drug-likeness (QED) is 0.903. The molecule has 0 saturated heterocycles. The van der Waals surface area contributed by atoms with E-state index in [9.17, 15) is 0 Å². The van der Waals surface area contributed by atoms with Gasteiger partial charge < -0.3 is 14.8 Å². The van der Waals surface area contributed by atoms with E-state index in [0.29, 0.717) is 0 Å². The van der Waals surface area contributed by atoms with Gasteiger partial charge in [0.25, 0.3) is 0 Å². The SMILES string of the molecule is CCNC(C)c1ccc(OC)c(Br)c1OC. The molecule has 1 aromatic carbocycles. The Morgan fingerprint density at radius 1 is 1.31 bits per heavy atom. The van der Waals surface area contributed by atoms with Crippen molar-refractivity contribution in [1.29, 1.82) is 0 Å². The van der Waals surface area contributed by atoms with Gasteiger partial charge in [-0.2, -0.15) is 0 Å². The minimum absolute atomic E-state index is 0.252. The highest BCUT2D eigenvalue weighted by Gasteiger charge is 2.16. The Morgan fingerprint density at radius 3 is 2.50 bits per heavy atom. The third-order valence-corrected chi connectivity index (χ3v) is 3.24. The summed E-state index contributed by atoms with van der Waals surface area (Å²) in [7, 11) is 3.31. The molecule has 1 unspecified atom stereocenters. The van der Waals surface area contributed by atoms with Crippen LogP contribution >= 0.6 is 15.9 Å². The molecule has 16 heavy (non-hydrogen) atoms. The predicted octanol–water partition coefficient (Wildman–Crippen LogP) is 3.14. The summed E-state index contributed by atoms with van der Waals surface area (Å²) in [5.41, 5.74) is 1.12. The van der Waals surface area contributed by atoms with Crippen LogP contribution in [0.2, 0.25) is 0 Å². The van der Waals surface area contributed by atoms with Crippen molar-refractivity contribution in [1.82, 2.24) is 5.32 Å². The Bertz CT molecular complexity index is 355. The van der Waals surface area contributed by atoms with E-state index in [0.717, 1.165) is 28.1 Å². The lowest BCUT2D eigenvalue weighted by Crippen LogP contribution is -2.18. The zero-order valence-corrected chi connectivity index (χ0v) is 11.7. The number of methoxy groups -OCH3 is 2. The summed E-state index contributed by atoms with van der Waals surface area (Å²) < 4.78 is 11.5. The van der Waals surface area contributed by atoms with Crippen LogP contribution in [0.25, 0.3) is 0 Å². The third-order valence-electron chi connectivity index (χ3n) is 2.49. The molecule has 1 rings (SSSR count). The van der Waals surface area contributed by atoms with Gasteiger partial charge in [-0.05, 0) is 41.5 Å². The Hall–Kier alpha value is -0.740. The molecule has 0 amide bonds. The molecule has 3 nitrogen and oxygen atoms in total. The highest BCUT2D eigenvalue weighted by molar-refractivity contribution is 9.10. The van der Waals surface area contributed by atoms with E-state index in [2.05, 4.69) is 35.1 Å². The fraction of sp³-hybridized carbons (Fsp3) is 0.500. The van der Waals surface area contributed by atoms with Gasteiger partial charge in [-0.1, -0.05) is 6.92 Å². The van der Waals surface area contributed by atoms with Gasteiger partial charge in [0, 0.05) is 11.6 Å². The maximum absolute atomic E-state index is 5.42. The summed E-state index contributed by atoms with van der Waals surface area (Å²) in [5.74, 6) is 1.61. The van der Waals surface area contributed by atoms with Crippen LogP contribution in [0.3, 0.4) is 0 Å². The minimum Gasteiger partial charge on any atom is -0.495 e. The maximum atomic E-state index is 5.42. The molecule has 0 aliphatic heterocycles. The summed E-state index contributed by atoms with van der Waals surface area (Å²) in [5, 5.41) is 3.36. The number of rotatable bonds is 5. The standard InChI is InChI=1S/C12H18BrNO2/c1-5-14-8(2)9-6-7-10(15-3)11(13)12(9)16-4/h6-8,14H,5H2,1-4H3. The van der Waals surface area contributed by atoms with Gasteiger partial charge >= 0.3 is 0 Å². The first kappa shape index (κ1) is 13.3. The van der Waals surface area contributed by atoms with E-state index >= 15 is 0 Å². The summed E-state index contributed by atoms with van der Waals surface area (Å²) in [6, 6.07) is 4.22. The number of hydrogen-bond donors (Lipinski definition) is 1. The summed E-state index contributed by atoms with van der Waals surface area (Å²) in [6.45, 7) is 5.12. The summed E-state index contributed by atoms with van der Waals surface area (Å²) >= 11 is 3.49. The smallest absolute Gasteiger partial charge is 0.141 e. The average molecular weight is 288 g/mol. The van der Waals surface area contributed by atoms with Gasteiger partial charge in [-0.25, -0.2) is 0 Å². The second kappa shape index (κ2) is 6.11. The van der Waals surface area contributed by atoms with Crippen molar-refractivity contribution in [2.45, 2.75) is 19.9 Å². The van der Waals surface area contributed by atoms with Crippen LogP contribution in [0.15, 0.2) is 16.6 Å². The topological polar surface area (TPSA) is 30.5 Å². The molecular weight excluding hydrogens is 270 g/mol. The molecule has 4 heteroatoms. The van der Waals surface area contributed by atoms with E-state index in [1.165, 1.54) is 0 Å². The molecule has 1 N–H and O–H groups in total. The van der Waals surface area contributed by atoms with Crippen LogP contribution in [0.1, 0.15) is 25.5 Å². The average Bonchev–Trinajstić information content (AvgIpc) is 2.28. The van der Waals surface area contributed by atoms with Gasteiger partial charge in [0.15, 0.2) is 0 Å². The Morgan fingerprint density at radius 2 is 2.00 bits per heavy atom. The van der Waals surface area contributed by atoms with Crippen LogP contribution in [0.5, 0.6) is 11.5 Å². The van der Waals surface area contributed by atoms with Crippen molar-refractivity contribution >= 4 is 15.9 Å². The van der Waals surface area contributed by atoms with Crippen molar-refractivity contribution in [2.75, 3.05) is 20.8 Å². The van der Waals surface area contributed by atoms with Crippen LogP contribution in [0, 0.1) is 0 Å². The second-order valence-electron chi connectivity index (χ2n) is 3.48. The fourth-order valence-electron chi connectivity index (χ4n) is 1.68. The molecule has 0 aromatic heterocycles. The number of halogens is 1. The van der Waals surface area contributed by atoms with E-state index in [1.807, 2.05) is 12.1 Å². The molecule has 1 aromatic rings. The lowest BCUT2D eigenvalue weighted by Gasteiger charge is -2.18. The molecule has 0 radical (unpaired) electrons. The van der Waals surface area contributed by atoms with E-state index in [-0.39, 0.29) is 6.04 Å². The molecule has 90 valence electrons. The van der Waals surface area contributed by atoms with Crippen molar-refractivity contribution in [2.24, 2.45) is 0 Å². The molecule has 0 fully saturated rings. The van der Waals surface area contributed by atoms with E-state index in [1.54, 1.807) is 14.2 Å². The monoisotopic (exact) mass is 287 g/mol. The van der Waals surface area contributed by atoms with Crippen molar-refractivity contribution < 1.29 is 9.47 Å². The number of ether oxygens (including phenoxy) is 2. The number of hydrogen-bond acceptors (Lipinski definition) is 3. The number of benzene rings is 1. The fourth-order valence-corrected chi connectivity index (χ4v) is 2.36. The zero-order chi connectivity index (χ0) is 12.1. The first-order valence-electron chi connectivity index (χ1n) is 5.29. The molecule has 0 saturated carbocycles. The Kier molecular flexibility index (Phi) is 5.09. The second-order valence-corrected chi connectivity index (χ2v) is 4.28. The molecule has 0 bridgehead atoms. The summed E-state index contributed by atoms with van der Waals surface area (Å²) in [6.07, 6.45) is 0. The van der Waals surface area contributed by atoms with Crippen LogP contribution < -0.4 is 14.8 Å². The van der Waals surface area contributed by atoms with Crippen LogP contribution in [-0.2, 0) is 0 Å². The maximum Gasteiger partial charge on any atom is 0.141 e. The van der Waals surface area contributed by atoms with Gasteiger partial charge in [-0.15, -0.1) is 0 Å². The predicted molar refractivity (Wildman–Crippen MR) is 69.3 cm³/mol. The lowest BCUT2D eigenvalue weighted by molar-refractivity contribution is 0.381. The molecule has 0 spiro atoms. The molecular formula is C12H18BrNO2. The minimum atomic E-state index is 0.252. The van der Waals surface area contributed by atoms with E-state index < -0.39 is 0 Å². The third kappa shape index (κ3) is 2.68. The van der Waals surface area contributed by atoms with Gasteiger partial charge in [-0.3, -0.25) is 0 Å². The lowest BCUT2D eigenvalue weighted by atomic mass is 10.1. The number of nitrogens with one attached hydrogen (secondary N) is 1. The summed E-state index contributed by atoms with van der Waals surface area (Å²) in [4.78, 5) is 0. The molecule has 0 aliphatic rings. The normalized spacial score (nSPS) is 12.3. The highest BCUT2D eigenvalue weighted by atomic mass is 79.9. The first-order valence-corrected chi connectivity index (χ1v) is 6.08. The van der Waals surface area contributed by atoms with E-state index in [4.69, 9.17) is 9.47 Å². The Labute approximate surface area is 105 Å².